The molecule has 2 aromatic rings. The van der Waals surface area contributed by atoms with Gasteiger partial charge in [-0.2, -0.15) is 0 Å². The molecular weight excluding hydrogens is 350 g/mol. The summed E-state index contributed by atoms with van der Waals surface area (Å²) in [6, 6.07) is 17.7. The summed E-state index contributed by atoms with van der Waals surface area (Å²) in [5, 5.41) is 6.01. The van der Waals surface area contributed by atoms with Gasteiger partial charge in [-0.05, 0) is 30.2 Å². The van der Waals surface area contributed by atoms with Crippen LogP contribution in [-0.2, 0) is 4.79 Å². The molecule has 2 amide bonds. The first-order chi connectivity index (χ1) is 12.1. The van der Waals surface area contributed by atoms with Crippen LogP contribution >= 0.6 is 12.4 Å². The molecule has 5 nitrogen and oxygen atoms in total. The summed E-state index contributed by atoms with van der Waals surface area (Å²) < 4.78 is 0. The van der Waals surface area contributed by atoms with Gasteiger partial charge in [0.2, 0.25) is 5.91 Å². The number of halogens is 1. The largest absolute Gasteiger partial charge is 0.343 e. The predicted octanol–water partition coefficient (Wildman–Crippen LogP) is 2.33. The number of amides is 2. The topological polar surface area (TPSA) is 61.4 Å². The van der Waals surface area contributed by atoms with Crippen molar-refractivity contribution < 1.29 is 9.59 Å². The summed E-state index contributed by atoms with van der Waals surface area (Å²) in [7, 11) is 0. The number of hydrogen-bond donors (Lipinski definition) is 2. The summed E-state index contributed by atoms with van der Waals surface area (Å²) in [6.45, 7) is 4.24. The second-order valence-corrected chi connectivity index (χ2v) is 6.32. The van der Waals surface area contributed by atoms with Gasteiger partial charge >= 0.3 is 0 Å². The third-order valence-electron chi connectivity index (χ3n) is 4.38. The van der Waals surface area contributed by atoms with Gasteiger partial charge in [-0.15, -0.1) is 12.4 Å². The quantitative estimate of drug-likeness (QED) is 0.864. The number of carbonyl (C=O) groups is 2. The molecule has 1 aliphatic heterocycles. The van der Waals surface area contributed by atoms with E-state index in [4.69, 9.17) is 0 Å². The van der Waals surface area contributed by atoms with Crippen molar-refractivity contribution in [2.45, 2.75) is 13.0 Å². The highest BCUT2D eigenvalue weighted by molar-refractivity contribution is 5.96. The molecule has 2 N–H and O–H groups in total. The molecular formula is C20H24ClN3O2. The normalized spacial score (nSPS) is 16.5. The molecule has 3 rings (SSSR count). The molecule has 0 bridgehead atoms. The fraction of sp³-hybridized carbons (Fsp3) is 0.300. The van der Waals surface area contributed by atoms with Gasteiger partial charge in [0.25, 0.3) is 5.91 Å². The smallest absolute Gasteiger partial charge is 0.251 e. The first-order valence-corrected chi connectivity index (χ1v) is 8.58. The molecule has 1 heterocycles. The maximum absolute atomic E-state index is 12.2. The highest BCUT2D eigenvalue weighted by Crippen LogP contribution is 2.19. The lowest BCUT2D eigenvalue weighted by Gasteiger charge is -2.31. The van der Waals surface area contributed by atoms with E-state index in [1.165, 1.54) is 0 Å². The number of hydrogen-bond acceptors (Lipinski definition) is 3. The van der Waals surface area contributed by atoms with E-state index < -0.39 is 0 Å². The lowest BCUT2D eigenvalue weighted by atomic mass is 10.0. The average molecular weight is 374 g/mol. The molecule has 1 fully saturated rings. The molecule has 0 radical (unpaired) electrons. The third kappa shape index (κ3) is 5.07. The number of piperazine rings is 1. The summed E-state index contributed by atoms with van der Waals surface area (Å²) in [5.74, 6) is -0.265. The van der Waals surface area contributed by atoms with Crippen LogP contribution in [-0.4, -0.2) is 48.9 Å². The molecule has 1 saturated heterocycles. The summed E-state index contributed by atoms with van der Waals surface area (Å²) in [4.78, 5) is 26.2. The molecule has 26 heavy (non-hydrogen) atoms. The zero-order valence-corrected chi connectivity index (χ0v) is 15.6. The zero-order valence-electron chi connectivity index (χ0n) is 14.8. The van der Waals surface area contributed by atoms with Crippen molar-refractivity contribution in [3.05, 3.63) is 60.2 Å². The van der Waals surface area contributed by atoms with E-state index in [1.807, 2.05) is 49.4 Å². The Hall–Kier alpha value is -2.37. The van der Waals surface area contributed by atoms with Crippen LogP contribution in [0.5, 0.6) is 0 Å². The minimum Gasteiger partial charge on any atom is -0.343 e. The molecule has 0 aliphatic carbocycles. The van der Waals surface area contributed by atoms with Crippen molar-refractivity contribution in [1.82, 2.24) is 15.5 Å². The Kier molecular flexibility index (Phi) is 7.18. The SMILES string of the molecule is C[C@@H]1CN(C(=O)CNC(=O)c2ccc(-c3ccccc3)cc2)CCN1.Cl. The Morgan fingerprint density at radius 3 is 2.38 bits per heavy atom. The summed E-state index contributed by atoms with van der Waals surface area (Å²) >= 11 is 0. The maximum atomic E-state index is 12.2. The van der Waals surface area contributed by atoms with Crippen LogP contribution in [0, 0.1) is 0 Å². The van der Waals surface area contributed by atoms with Gasteiger partial charge in [0.05, 0.1) is 6.54 Å². The zero-order chi connectivity index (χ0) is 17.6. The van der Waals surface area contributed by atoms with Crippen LogP contribution in [0.2, 0.25) is 0 Å². The molecule has 138 valence electrons. The van der Waals surface area contributed by atoms with Gasteiger partial charge in [-0.25, -0.2) is 0 Å². The molecule has 1 atom stereocenters. The van der Waals surface area contributed by atoms with Crippen LogP contribution in [0.1, 0.15) is 17.3 Å². The van der Waals surface area contributed by atoms with Gasteiger partial charge in [0, 0.05) is 31.2 Å². The van der Waals surface area contributed by atoms with Gasteiger partial charge in [-0.3, -0.25) is 9.59 Å². The average Bonchev–Trinajstić information content (AvgIpc) is 2.66. The Balaban J connectivity index is 0.00000243. The van der Waals surface area contributed by atoms with Crippen molar-refractivity contribution in [1.29, 1.82) is 0 Å². The number of nitrogens with zero attached hydrogens (tertiary/aromatic N) is 1. The Morgan fingerprint density at radius 2 is 1.73 bits per heavy atom. The van der Waals surface area contributed by atoms with E-state index >= 15 is 0 Å². The Morgan fingerprint density at radius 1 is 1.08 bits per heavy atom. The van der Waals surface area contributed by atoms with Gasteiger partial charge in [0.1, 0.15) is 0 Å². The van der Waals surface area contributed by atoms with Crippen LogP contribution in [0.3, 0.4) is 0 Å². The van der Waals surface area contributed by atoms with E-state index in [0.717, 1.165) is 17.7 Å². The molecule has 0 spiro atoms. The highest BCUT2D eigenvalue weighted by atomic mass is 35.5. The highest BCUT2D eigenvalue weighted by Gasteiger charge is 2.20. The van der Waals surface area contributed by atoms with E-state index in [0.29, 0.717) is 24.7 Å². The number of carbonyl (C=O) groups excluding carboxylic acids is 2. The lowest BCUT2D eigenvalue weighted by Crippen LogP contribution is -2.53. The number of nitrogens with one attached hydrogen (secondary N) is 2. The minimum atomic E-state index is -0.226. The monoisotopic (exact) mass is 373 g/mol. The van der Waals surface area contributed by atoms with Gasteiger partial charge in [0.15, 0.2) is 0 Å². The lowest BCUT2D eigenvalue weighted by molar-refractivity contribution is -0.131. The number of benzene rings is 2. The molecule has 1 aliphatic rings. The molecule has 0 aromatic heterocycles. The summed E-state index contributed by atoms with van der Waals surface area (Å²) in [6.07, 6.45) is 0. The first kappa shape index (κ1) is 19.9. The van der Waals surface area contributed by atoms with Crippen LogP contribution in [0.4, 0.5) is 0 Å². The first-order valence-electron chi connectivity index (χ1n) is 8.58. The second-order valence-electron chi connectivity index (χ2n) is 6.32. The van der Waals surface area contributed by atoms with Gasteiger partial charge < -0.3 is 15.5 Å². The number of rotatable bonds is 4. The van der Waals surface area contributed by atoms with Crippen molar-refractivity contribution in [3.8, 4) is 11.1 Å². The summed E-state index contributed by atoms with van der Waals surface area (Å²) in [5.41, 5.74) is 2.72. The van der Waals surface area contributed by atoms with E-state index in [-0.39, 0.29) is 30.8 Å². The third-order valence-corrected chi connectivity index (χ3v) is 4.38. The standard InChI is InChI=1S/C20H23N3O2.ClH/c1-15-14-23(12-11-21-15)19(24)13-22-20(25)18-9-7-17(8-10-18)16-5-3-2-4-6-16;/h2-10,15,21H,11-14H2,1H3,(H,22,25);1H/t15-;/m1./s1. The van der Waals surface area contributed by atoms with E-state index in [1.54, 1.807) is 17.0 Å². The molecule has 6 heteroatoms. The van der Waals surface area contributed by atoms with Crippen molar-refractivity contribution in [2.75, 3.05) is 26.2 Å². The minimum absolute atomic E-state index is 0. The molecule has 0 saturated carbocycles. The molecule has 2 aromatic carbocycles. The van der Waals surface area contributed by atoms with Crippen LogP contribution in [0.25, 0.3) is 11.1 Å². The van der Waals surface area contributed by atoms with Crippen molar-refractivity contribution in [2.24, 2.45) is 0 Å². The Labute approximate surface area is 160 Å². The van der Waals surface area contributed by atoms with Crippen LogP contribution in [0.15, 0.2) is 54.6 Å². The second kappa shape index (κ2) is 9.36. The van der Waals surface area contributed by atoms with Crippen molar-refractivity contribution >= 4 is 24.2 Å². The van der Waals surface area contributed by atoms with E-state index in [2.05, 4.69) is 10.6 Å². The molecule has 0 unspecified atom stereocenters. The maximum Gasteiger partial charge on any atom is 0.251 e. The van der Waals surface area contributed by atoms with Crippen molar-refractivity contribution in [3.63, 3.8) is 0 Å². The predicted molar refractivity (Wildman–Crippen MR) is 106 cm³/mol. The van der Waals surface area contributed by atoms with Crippen LogP contribution < -0.4 is 10.6 Å². The van der Waals surface area contributed by atoms with E-state index in [9.17, 15) is 9.59 Å². The Bertz CT molecular complexity index is 734. The van der Waals surface area contributed by atoms with Gasteiger partial charge in [-0.1, -0.05) is 42.5 Å². The fourth-order valence-corrected chi connectivity index (χ4v) is 2.97. The fourth-order valence-electron chi connectivity index (χ4n) is 2.97.